The summed E-state index contributed by atoms with van der Waals surface area (Å²) in [6.45, 7) is 2.64. The Labute approximate surface area is 113 Å². The van der Waals surface area contributed by atoms with E-state index in [1.807, 2.05) is 11.0 Å². The highest BCUT2D eigenvalue weighted by Crippen LogP contribution is 2.23. The number of Topliss-reactive ketones (excluding diaryl/α,β-unsaturated/α-hetero) is 1. The molecule has 0 amide bonds. The van der Waals surface area contributed by atoms with Gasteiger partial charge in [-0.15, -0.1) is 0 Å². The Morgan fingerprint density at radius 3 is 2.63 bits per heavy atom. The van der Waals surface area contributed by atoms with Gasteiger partial charge < -0.3 is 10.6 Å². The fourth-order valence-electron chi connectivity index (χ4n) is 2.26. The molecule has 0 atom stereocenters. The summed E-state index contributed by atoms with van der Waals surface area (Å²) in [6.07, 6.45) is 0.622. The van der Waals surface area contributed by atoms with Crippen LogP contribution in [0.15, 0.2) is 18.2 Å². The first-order valence-corrected chi connectivity index (χ1v) is 8.07. The van der Waals surface area contributed by atoms with Crippen molar-refractivity contribution in [3.8, 4) is 0 Å². The van der Waals surface area contributed by atoms with E-state index in [9.17, 15) is 13.2 Å². The monoisotopic (exact) mass is 282 g/mol. The third kappa shape index (κ3) is 3.26. The first-order chi connectivity index (χ1) is 8.89. The Hall–Kier alpha value is -1.56. The topological polar surface area (TPSA) is 80.5 Å². The summed E-state index contributed by atoms with van der Waals surface area (Å²) >= 11 is 0. The molecule has 1 aliphatic heterocycles. The summed E-state index contributed by atoms with van der Waals surface area (Å²) in [6, 6.07) is 5.27. The quantitative estimate of drug-likeness (QED) is 0.649. The van der Waals surface area contributed by atoms with Gasteiger partial charge in [-0.2, -0.15) is 0 Å². The Bertz CT molecular complexity index is 596. The predicted octanol–water partition coefficient (Wildman–Crippen LogP) is 1.10. The van der Waals surface area contributed by atoms with Crippen molar-refractivity contribution in [3.05, 3.63) is 23.8 Å². The molecule has 0 saturated carbocycles. The molecule has 1 aromatic rings. The van der Waals surface area contributed by atoms with Gasteiger partial charge in [0.25, 0.3) is 0 Å². The molecule has 0 unspecified atom stereocenters. The molecule has 0 spiro atoms. The van der Waals surface area contributed by atoms with Gasteiger partial charge in [0.1, 0.15) is 0 Å². The van der Waals surface area contributed by atoms with E-state index in [2.05, 4.69) is 0 Å². The number of ketones is 1. The fraction of sp³-hybridized carbons (Fsp3) is 0.462. The van der Waals surface area contributed by atoms with Gasteiger partial charge in [-0.25, -0.2) is 8.42 Å². The lowest BCUT2D eigenvalue weighted by Crippen LogP contribution is -2.26. The Balaban J connectivity index is 2.23. The van der Waals surface area contributed by atoms with Crippen molar-refractivity contribution in [3.63, 3.8) is 0 Å². The standard InChI is InChI=1S/C13H18N2O3S/c1-10(16)12-4-3-11(9-13(12)14)15-5-2-7-19(17,18)8-6-15/h3-4,9H,2,5-8,14H2,1H3. The van der Waals surface area contributed by atoms with Gasteiger partial charge in [0, 0.05) is 30.0 Å². The van der Waals surface area contributed by atoms with Crippen LogP contribution in [0.25, 0.3) is 0 Å². The van der Waals surface area contributed by atoms with Gasteiger partial charge in [0.2, 0.25) is 0 Å². The molecule has 19 heavy (non-hydrogen) atoms. The fourth-order valence-corrected chi connectivity index (χ4v) is 3.54. The summed E-state index contributed by atoms with van der Waals surface area (Å²) in [5, 5.41) is 0. The molecule has 2 rings (SSSR count). The van der Waals surface area contributed by atoms with Crippen molar-refractivity contribution in [2.45, 2.75) is 13.3 Å². The number of nitrogens with zero attached hydrogens (tertiary/aromatic N) is 1. The van der Waals surface area contributed by atoms with Crippen molar-refractivity contribution >= 4 is 27.0 Å². The minimum absolute atomic E-state index is 0.0671. The van der Waals surface area contributed by atoms with Crippen molar-refractivity contribution in [2.75, 3.05) is 35.2 Å². The molecule has 0 bridgehead atoms. The number of benzene rings is 1. The van der Waals surface area contributed by atoms with Crippen LogP contribution in [0.2, 0.25) is 0 Å². The average Bonchev–Trinajstić information content (AvgIpc) is 2.49. The third-order valence-corrected chi connectivity index (χ3v) is 5.05. The van der Waals surface area contributed by atoms with E-state index in [1.165, 1.54) is 6.92 Å². The molecule has 1 heterocycles. The summed E-state index contributed by atoms with van der Waals surface area (Å²) < 4.78 is 23.1. The molecule has 0 aliphatic carbocycles. The number of sulfone groups is 1. The molecular weight excluding hydrogens is 264 g/mol. The molecule has 5 nitrogen and oxygen atoms in total. The number of hydrogen-bond donors (Lipinski definition) is 1. The maximum atomic E-state index is 11.6. The maximum absolute atomic E-state index is 11.6. The number of nitrogens with two attached hydrogens (primary N) is 1. The normalized spacial score (nSPS) is 18.9. The second-order valence-corrected chi connectivity index (χ2v) is 7.12. The Kier molecular flexibility index (Phi) is 3.80. The minimum Gasteiger partial charge on any atom is -0.398 e. The first kappa shape index (κ1) is 13.9. The average molecular weight is 282 g/mol. The summed E-state index contributed by atoms with van der Waals surface area (Å²) in [5.74, 6) is 0.341. The number of nitrogen functional groups attached to an aromatic ring is 1. The van der Waals surface area contributed by atoms with E-state index in [0.717, 1.165) is 5.69 Å². The second-order valence-electron chi connectivity index (χ2n) is 4.82. The van der Waals surface area contributed by atoms with Crippen LogP contribution in [0.3, 0.4) is 0 Å². The molecular formula is C13H18N2O3S. The maximum Gasteiger partial charge on any atom is 0.161 e. The van der Waals surface area contributed by atoms with Crippen LogP contribution in [0.1, 0.15) is 23.7 Å². The van der Waals surface area contributed by atoms with Crippen molar-refractivity contribution < 1.29 is 13.2 Å². The van der Waals surface area contributed by atoms with Gasteiger partial charge in [0.15, 0.2) is 15.6 Å². The molecule has 2 N–H and O–H groups in total. The smallest absolute Gasteiger partial charge is 0.161 e. The zero-order valence-corrected chi connectivity index (χ0v) is 11.7. The van der Waals surface area contributed by atoms with E-state index >= 15 is 0 Å². The molecule has 1 fully saturated rings. The van der Waals surface area contributed by atoms with Crippen LogP contribution in [0, 0.1) is 0 Å². The van der Waals surface area contributed by atoms with Gasteiger partial charge in [-0.3, -0.25) is 4.79 Å². The predicted molar refractivity (Wildman–Crippen MR) is 76.3 cm³/mol. The first-order valence-electron chi connectivity index (χ1n) is 6.25. The molecule has 104 valence electrons. The van der Waals surface area contributed by atoms with Crippen molar-refractivity contribution in [2.24, 2.45) is 0 Å². The zero-order valence-electron chi connectivity index (χ0n) is 10.9. The van der Waals surface area contributed by atoms with Crippen molar-refractivity contribution in [1.29, 1.82) is 0 Å². The van der Waals surface area contributed by atoms with E-state index in [-0.39, 0.29) is 17.3 Å². The molecule has 0 radical (unpaired) electrons. The van der Waals surface area contributed by atoms with Crippen LogP contribution < -0.4 is 10.6 Å². The molecule has 1 saturated heterocycles. The van der Waals surface area contributed by atoms with Crippen LogP contribution in [-0.4, -0.2) is 38.8 Å². The largest absolute Gasteiger partial charge is 0.398 e. The molecule has 1 aromatic carbocycles. The lowest BCUT2D eigenvalue weighted by Gasteiger charge is -2.22. The minimum atomic E-state index is -2.92. The van der Waals surface area contributed by atoms with Gasteiger partial charge in [0.05, 0.1) is 11.5 Å². The highest BCUT2D eigenvalue weighted by molar-refractivity contribution is 7.91. The number of anilines is 2. The van der Waals surface area contributed by atoms with E-state index in [0.29, 0.717) is 30.8 Å². The van der Waals surface area contributed by atoms with E-state index in [4.69, 9.17) is 5.73 Å². The van der Waals surface area contributed by atoms with Gasteiger partial charge in [-0.1, -0.05) is 0 Å². The lowest BCUT2D eigenvalue weighted by atomic mass is 10.1. The Morgan fingerprint density at radius 2 is 2.00 bits per heavy atom. The SMILES string of the molecule is CC(=O)c1ccc(N2CCCS(=O)(=O)CC2)cc1N. The highest BCUT2D eigenvalue weighted by atomic mass is 32.2. The lowest BCUT2D eigenvalue weighted by molar-refractivity contribution is 0.101. The number of hydrogen-bond acceptors (Lipinski definition) is 5. The van der Waals surface area contributed by atoms with E-state index in [1.54, 1.807) is 12.1 Å². The van der Waals surface area contributed by atoms with Crippen LogP contribution in [0.4, 0.5) is 11.4 Å². The zero-order chi connectivity index (χ0) is 14.0. The van der Waals surface area contributed by atoms with Crippen LogP contribution >= 0.6 is 0 Å². The summed E-state index contributed by atoms with van der Waals surface area (Å²) in [4.78, 5) is 13.3. The van der Waals surface area contributed by atoms with E-state index < -0.39 is 9.84 Å². The third-order valence-electron chi connectivity index (χ3n) is 3.34. The summed E-state index contributed by atoms with van der Waals surface area (Å²) in [7, 11) is -2.92. The number of carbonyl (C=O) groups excluding carboxylic acids is 1. The Morgan fingerprint density at radius 1 is 1.26 bits per heavy atom. The highest BCUT2D eigenvalue weighted by Gasteiger charge is 2.19. The second kappa shape index (κ2) is 5.21. The summed E-state index contributed by atoms with van der Waals surface area (Å²) in [5.41, 5.74) is 7.68. The van der Waals surface area contributed by atoms with Crippen LogP contribution in [-0.2, 0) is 9.84 Å². The molecule has 1 aliphatic rings. The van der Waals surface area contributed by atoms with Gasteiger partial charge >= 0.3 is 0 Å². The number of rotatable bonds is 2. The molecule has 0 aromatic heterocycles. The molecule has 6 heteroatoms. The number of carbonyl (C=O) groups is 1. The van der Waals surface area contributed by atoms with Crippen LogP contribution in [0.5, 0.6) is 0 Å². The van der Waals surface area contributed by atoms with Gasteiger partial charge in [-0.05, 0) is 31.5 Å². The van der Waals surface area contributed by atoms with Crippen molar-refractivity contribution in [1.82, 2.24) is 0 Å².